The smallest absolute Gasteiger partial charge is 0.275 e. The molecule has 140 valence electrons. The number of nitrogens with zero attached hydrogens (tertiary/aromatic N) is 2. The molecular weight excluding hydrogens is 330 g/mol. The molecule has 0 aliphatic rings. The number of benzene rings is 1. The van der Waals surface area contributed by atoms with Gasteiger partial charge in [-0.1, -0.05) is 19.9 Å². The number of carbonyl (C=O) groups is 1. The molecule has 0 fully saturated rings. The third kappa shape index (κ3) is 7.14. The Hall–Kier alpha value is -2.07. The van der Waals surface area contributed by atoms with E-state index in [2.05, 4.69) is 10.2 Å². The van der Waals surface area contributed by atoms with E-state index < -0.39 is 11.0 Å². The van der Waals surface area contributed by atoms with E-state index in [0.717, 1.165) is 6.42 Å². The molecule has 9 nitrogen and oxygen atoms in total. The Bertz CT molecular complexity index is 593. The highest BCUT2D eigenvalue weighted by atomic mass is 17.1. The van der Waals surface area contributed by atoms with Crippen LogP contribution in [-0.4, -0.2) is 28.5 Å². The molecule has 1 aromatic rings. The van der Waals surface area contributed by atoms with E-state index in [0.29, 0.717) is 17.9 Å². The van der Waals surface area contributed by atoms with Crippen molar-refractivity contribution in [1.82, 2.24) is 10.7 Å². The van der Waals surface area contributed by atoms with Crippen LogP contribution in [0, 0.1) is 16.0 Å². The van der Waals surface area contributed by atoms with Crippen LogP contribution in [0.4, 0.5) is 5.69 Å². The summed E-state index contributed by atoms with van der Waals surface area (Å²) in [7, 11) is 1.18. The standard InChI is InChI=1S/C16H25N3O6/c1-11(2)5-8-16(20)17-10-13-6-7-15(18(21)22)14(9-13)12(3)25-19(23)24-4/h6-7,9,11-12,23H,5,8,10H2,1-4H3,(H,17,20). The molecule has 1 aromatic carbocycles. The van der Waals surface area contributed by atoms with Gasteiger partial charge in [-0.15, -0.1) is 0 Å². The molecule has 0 radical (unpaired) electrons. The van der Waals surface area contributed by atoms with Crippen LogP contribution in [0.25, 0.3) is 0 Å². The summed E-state index contributed by atoms with van der Waals surface area (Å²) in [5.74, 6) is 0.371. The maximum Gasteiger partial charge on any atom is 0.275 e. The number of nitro benzene ring substituents is 1. The molecule has 2 N–H and O–H groups in total. The molecular formula is C16H25N3O6. The van der Waals surface area contributed by atoms with Gasteiger partial charge < -0.3 is 5.32 Å². The predicted octanol–water partition coefficient (Wildman–Crippen LogP) is 2.89. The Balaban J connectivity index is 2.84. The van der Waals surface area contributed by atoms with Crippen molar-refractivity contribution in [3.05, 3.63) is 39.4 Å². The quantitative estimate of drug-likeness (QED) is 0.490. The molecule has 0 aromatic heterocycles. The summed E-state index contributed by atoms with van der Waals surface area (Å²) >= 11 is 0. The molecule has 1 amide bonds. The number of hydrogen-bond donors (Lipinski definition) is 2. The normalized spacial score (nSPS) is 12.4. The maximum atomic E-state index is 11.8. The molecule has 0 aliphatic heterocycles. The first kappa shape index (κ1) is 21.0. The SMILES string of the molecule is CON(O)OC(C)c1cc(CNC(=O)CCC(C)C)ccc1[N+](=O)[O-]. The van der Waals surface area contributed by atoms with E-state index in [4.69, 9.17) is 4.84 Å². The lowest BCUT2D eigenvalue weighted by atomic mass is 10.0. The number of nitro groups is 1. The molecule has 9 heteroatoms. The third-order valence-electron chi connectivity index (χ3n) is 3.57. The highest BCUT2D eigenvalue weighted by Gasteiger charge is 2.22. The van der Waals surface area contributed by atoms with E-state index in [1.807, 2.05) is 13.8 Å². The second kappa shape index (κ2) is 10.0. The van der Waals surface area contributed by atoms with Crippen LogP contribution >= 0.6 is 0 Å². The highest BCUT2D eigenvalue weighted by molar-refractivity contribution is 5.75. The van der Waals surface area contributed by atoms with E-state index >= 15 is 0 Å². The van der Waals surface area contributed by atoms with Gasteiger partial charge in [0.2, 0.25) is 5.91 Å². The minimum Gasteiger partial charge on any atom is -0.352 e. The summed E-state index contributed by atoms with van der Waals surface area (Å²) in [6, 6.07) is 4.48. The first-order valence-electron chi connectivity index (χ1n) is 7.98. The molecule has 1 unspecified atom stereocenters. The van der Waals surface area contributed by atoms with Gasteiger partial charge in [0.1, 0.15) is 6.10 Å². The molecule has 1 rings (SSSR count). The van der Waals surface area contributed by atoms with E-state index in [9.17, 15) is 20.1 Å². The fraction of sp³-hybridized carbons (Fsp3) is 0.562. The molecule has 1 atom stereocenters. The molecule has 0 heterocycles. The largest absolute Gasteiger partial charge is 0.352 e. The topological polar surface area (TPSA) is 114 Å². The van der Waals surface area contributed by atoms with E-state index in [-0.39, 0.29) is 29.1 Å². The zero-order valence-electron chi connectivity index (χ0n) is 14.9. The average Bonchev–Trinajstić information content (AvgIpc) is 2.57. The number of nitrogens with one attached hydrogen (secondary N) is 1. The van der Waals surface area contributed by atoms with Crippen LogP contribution in [0.1, 0.15) is 50.8 Å². The Labute approximate surface area is 146 Å². The third-order valence-corrected chi connectivity index (χ3v) is 3.57. The van der Waals surface area contributed by atoms with Crippen molar-refractivity contribution in [3.8, 4) is 0 Å². The van der Waals surface area contributed by atoms with Crippen molar-refractivity contribution in [3.63, 3.8) is 0 Å². The van der Waals surface area contributed by atoms with Crippen molar-refractivity contribution in [1.29, 1.82) is 0 Å². The van der Waals surface area contributed by atoms with Gasteiger partial charge in [0.05, 0.1) is 23.0 Å². The average molecular weight is 355 g/mol. The van der Waals surface area contributed by atoms with Gasteiger partial charge in [0.15, 0.2) is 0 Å². The van der Waals surface area contributed by atoms with Crippen LogP contribution in [0.2, 0.25) is 0 Å². The first-order chi connectivity index (χ1) is 11.7. The Kier molecular flexibility index (Phi) is 8.42. The Morgan fingerprint density at radius 1 is 1.40 bits per heavy atom. The van der Waals surface area contributed by atoms with Crippen molar-refractivity contribution in [2.75, 3.05) is 7.11 Å². The number of rotatable bonds is 10. The summed E-state index contributed by atoms with van der Waals surface area (Å²) in [4.78, 5) is 31.9. The molecule has 0 saturated carbocycles. The summed E-state index contributed by atoms with van der Waals surface area (Å²) < 4.78 is 0. The lowest BCUT2D eigenvalue weighted by Gasteiger charge is -2.18. The summed E-state index contributed by atoms with van der Waals surface area (Å²) in [5, 5.41) is 23.3. The zero-order chi connectivity index (χ0) is 19.0. The van der Waals surface area contributed by atoms with E-state index in [1.165, 1.54) is 20.1 Å². The van der Waals surface area contributed by atoms with Gasteiger partial charge in [-0.25, -0.2) is 4.84 Å². The minimum absolute atomic E-state index is 0.0705. The van der Waals surface area contributed by atoms with Crippen LogP contribution < -0.4 is 5.32 Å². The first-order valence-corrected chi connectivity index (χ1v) is 7.98. The van der Waals surface area contributed by atoms with Gasteiger partial charge in [-0.3, -0.25) is 25.0 Å². The molecule has 0 saturated heterocycles. The Morgan fingerprint density at radius 2 is 2.08 bits per heavy atom. The predicted molar refractivity (Wildman–Crippen MR) is 89.1 cm³/mol. The van der Waals surface area contributed by atoms with Crippen LogP contribution in [0.15, 0.2) is 18.2 Å². The van der Waals surface area contributed by atoms with Gasteiger partial charge in [-0.05, 0) is 30.9 Å². The second-order valence-electron chi connectivity index (χ2n) is 6.03. The fourth-order valence-corrected chi connectivity index (χ4v) is 2.15. The molecule has 0 spiro atoms. The maximum absolute atomic E-state index is 11.8. The van der Waals surface area contributed by atoms with Gasteiger partial charge in [0, 0.05) is 19.0 Å². The van der Waals surface area contributed by atoms with Crippen molar-refractivity contribution in [2.45, 2.75) is 46.3 Å². The Morgan fingerprint density at radius 3 is 2.64 bits per heavy atom. The molecule has 0 aliphatic carbocycles. The highest BCUT2D eigenvalue weighted by Crippen LogP contribution is 2.29. The monoisotopic (exact) mass is 355 g/mol. The van der Waals surface area contributed by atoms with E-state index in [1.54, 1.807) is 12.1 Å². The number of amides is 1. The lowest BCUT2D eigenvalue weighted by Crippen LogP contribution is -2.23. The summed E-state index contributed by atoms with van der Waals surface area (Å²) in [5.41, 5.74) is 0.803. The zero-order valence-corrected chi connectivity index (χ0v) is 14.9. The summed E-state index contributed by atoms with van der Waals surface area (Å²) in [6.07, 6.45) is 0.401. The van der Waals surface area contributed by atoms with Crippen LogP contribution in [-0.2, 0) is 21.0 Å². The van der Waals surface area contributed by atoms with Crippen LogP contribution in [0.3, 0.4) is 0 Å². The summed E-state index contributed by atoms with van der Waals surface area (Å²) in [6.45, 7) is 5.88. The fourth-order valence-electron chi connectivity index (χ4n) is 2.15. The van der Waals surface area contributed by atoms with Crippen molar-refractivity contribution >= 4 is 11.6 Å². The lowest BCUT2D eigenvalue weighted by molar-refractivity contribution is -0.514. The van der Waals surface area contributed by atoms with Crippen molar-refractivity contribution in [2.24, 2.45) is 5.92 Å². The second-order valence-corrected chi connectivity index (χ2v) is 6.03. The van der Waals surface area contributed by atoms with Crippen molar-refractivity contribution < 1.29 is 24.6 Å². The van der Waals surface area contributed by atoms with Crippen LogP contribution in [0.5, 0.6) is 0 Å². The minimum atomic E-state index is -0.832. The number of carbonyl (C=O) groups excluding carboxylic acids is 1. The van der Waals surface area contributed by atoms with Gasteiger partial charge in [-0.2, -0.15) is 0 Å². The number of hydrogen-bond acceptors (Lipinski definition) is 7. The van der Waals surface area contributed by atoms with Gasteiger partial charge >= 0.3 is 0 Å². The molecule has 25 heavy (non-hydrogen) atoms. The molecule has 0 bridgehead atoms. The van der Waals surface area contributed by atoms with Gasteiger partial charge in [0.25, 0.3) is 5.69 Å².